The lowest BCUT2D eigenvalue weighted by Crippen LogP contribution is -2.46. The molecule has 1 fully saturated rings. The minimum Gasteiger partial charge on any atom is -0.354 e. The second-order valence-electron chi connectivity index (χ2n) is 7.04. The minimum absolute atomic E-state index is 0.591. The van der Waals surface area contributed by atoms with Gasteiger partial charge in [-0.05, 0) is 30.8 Å². The van der Waals surface area contributed by atoms with Gasteiger partial charge in [0.15, 0.2) is 0 Å². The molecule has 0 aliphatic carbocycles. The fraction of sp³-hybridized carbons (Fsp3) is 0.333. The quantitative estimate of drug-likeness (QED) is 0.708. The number of imidazole rings is 1. The molecule has 1 N–H and O–H groups in total. The summed E-state index contributed by atoms with van der Waals surface area (Å²) in [5.41, 5.74) is 1.38. The van der Waals surface area contributed by atoms with Crippen molar-refractivity contribution < 1.29 is 13.2 Å². The van der Waals surface area contributed by atoms with Gasteiger partial charge in [0.1, 0.15) is 11.6 Å². The van der Waals surface area contributed by atoms with Gasteiger partial charge in [-0.15, -0.1) is 0 Å². The van der Waals surface area contributed by atoms with E-state index in [-0.39, 0.29) is 0 Å². The summed E-state index contributed by atoms with van der Waals surface area (Å²) in [5.74, 6) is 1.58. The molecule has 1 saturated heterocycles. The molecule has 152 valence electrons. The van der Waals surface area contributed by atoms with Crippen LogP contribution < -0.4 is 4.90 Å². The number of anilines is 1. The standard InChI is InChI=1S/C21H22F3N5/c1-2-28-9-11-29(12-10-28)19-8-5-16(13-25-19)20-26-14-18(27-20)15-3-6-17(7-4-15)21(22,23)24/h3-8,13-14H,2,9-12H2,1H3,(H,26,27). The lowest BCUT2D eigenvalue weighted by molar-refractivity contribution is -0.137. The van der Waals surface area contributed by atoms with Gasteiger partial charge < -0.3 is 14.8 Å². The predicted molar refractivity (Wildman–Crippen MR) is 107 cm³/mol. The summed E-state index contributed by atoms with van der Waals surface area (Å²) in [6, 6.07) is 8.94. The first-order valence-electron chi connectivity index (χ1n) is 9.61. The van der Waals surface area contributed by atoms with E-state index in [4.69, 9.17) is 0 Å². The molecule has 0 radical (unpaired) electrons. The number of H-pyrrole nitrogens is 1. The van der Waals surface area contributed by atoms with Gasteiger partial charge in [-0.2, -0.15) is 13.2 Å². The van der Waals surface area contributed by atoms with Gasteiger partial charge in [0.05, 0.1) is 11.3 Å². The number of aromatic nitrogens is 3. The summed E-state index contributed by atoms with van der Waals surface area (Å²) in [4.78, 5) is 16.8. The molecule has 1 aliphatic rings. The molecule has 0 spiro atoms. The molecule has 0 saturated carbocycles. The smallest absolute Gasteiger partial charge is 0.354 e. The number of benzene rings is 1. The number of rotatable bonds is 4. The molecular weight excluding hydrogens is 379 g/mol. The van der Waals surface area contributed by atoms with Crippen LogP contribution in [0.2, 0.25) is 0 Å². The molecule has 0 atom stereocenters. The van der Waals surface area contributed by atoms with Crippen LogP contribution in [0.3, 0.4) is 0 Å². The van der Waals surface area contributed by atoms with Crippen molar-refractivity contribution in [1.82, 2.24) is 19.9 Å². The first-order valence-corrected chi connectivity index (χ1v) is 9.61. The van der Waals surface area contributed by atoms with Crippen LogP contribution in [0, 0.1) is 0 Å². The largest absolute Gasteiger partial charge is 0.416 e. The summed E-state index contributed by atoms with van der Waals surface area (Å²) in [6.45, 7) is 7.23. The number of piperazine rings is 1. The van der Waals surface area contributed by atoms with Crippen molar-refractivity contribution in [3.8, 4) is 22.6 Å². The monoisotopic (exact) mass is 401 g/mol. The number of nitrogens with one attached hydrogen (secondary N) is 1. The maximum atomic E-state index is 12.7. The average molecular weight is 401 g/mol. The Morgan fingerprint density at radius 1 is 0.966 bits per heavy atom. The van der Waals surface area contributed by atoms with Crippen LogP contribution >= 0.6 is 0 Å². The number of halogens is 3. The number of hydrogen-bond donors (Lipinski definition) is 1. The maximum Gasteiger partial charge on any atom is 0.416 e. The molecular formula is C21H22F3N5. The lowest BCUT2D eigenvalue weighted by Gasteiger charge is -2.34. The Morgan fingerprint density at radius 3 is 2.24 bits per heavy atom. The average Bonchev–Trinajstić information content (AvgIpc) is 3.24. The number of pyridine rings is 1. The van der Waals surface area contributed by atoms with Crippen LogP contribution in [0.5, 0.6) is 0 Å². The molecule has 1 aliphatic heterocycles. The molecule has 3 heterocycles. The van der Waals surface area contributed by atoms with Crippen molar-refractivity contribution in [3.05, 3.63) is 54.4 Å². The second-order valence-corrected chi connectivity index (χ2v) is 7.04. The van der Waals surface area contributed by atoms with Crippen molar-refractivity contribution in [2.24, 2.45) is 0 Å². The molecule has 0 amide bonds. The van der Waals surface area contributed by atoms with E-state index in [1.54, 1.807) is 12.4 Å². The maximum absolute atomic E-state index is 12.7. The third kappa shape index (κ3) is 4.27. The van der Waals surface area contributed by atoms with Crippen LogP contribution in [0.15, 0.2) is 48.8 Å². The van der Waals surface area contributed by atoms with Crippen LogP contribution in [0.1, 0.15) is 12.5 Å². The van der Waals surface area contributed by atoms with Gasteiger partial charge in [0.2, 0.25) is 0 Å². The van der Waals surface area contributed by atoms with Crippen LogP contribution in [-0.2, 0) is 6.18 Å². The Bertz CT molecular complexity index is 940. The van der Waals surface area contributed by atoms with Crippen molar-refractivity contribution in [2.75, 3.05) is 37.6 Å². The Labute approximate surface area is 167 Å². The van der Waals surface area contributed by atoms with Gasteiger partial charge >= 0.3 is 6.18 Å². The zero-order valence-electron chi connectivity index (χ0n) is 16.1. The number of likely N-dealkylation sites (N-methyl/N-ethyl adjacent to an activating group) is 1. The zero-order chi connectivity index (χ0) is 20.4. The molecule has 2 aromatic heterocycles. The number of aromatic amines is 1. The second kappa shape index (κ2) is 7.87. The van der Waals surface area contributed by atoms with E-state index in [9.17, 15) is 13.2 Å². The molecule has 1 aromatic carbocycles. The minimum atomic E-state index is -4.34. The third-order valence-electron chi connectivity index (χ3n) is 5.25. The van der Waals surface area contributed by atoms with Crippen molar-refractivity contribution in [2.45, 2.75) is 13.1 Å². The van der Waals surface area contributed by atoms with Gasteiger partial charge in [0, 0.05) is 49.7 Å². The van der Waals surface area contributed by atoms with Crippen LogP contribution in [0.4, 0.5) is 19.0 Å². The first kappa shape index (κ1) is 19.4. The molecule has 0 bridgehead atoms. The first-order chi connectivity index (χ1) is 13.9. The Kier molecular flexibility index (Phi) is 5.27. The highest BCUT2D eigenvalue weighted by molar-refractivity contribution is 5.65. The molecule has 8 heteroatoms. The van der Waals surface area contributed by atoms with E-state index >= 15 is 0 Å². The summed E-state index contributed by atoms with van der Waals surface area (Å²) < 4.78 is 38.2. The van der Waals surface area contributed by atoms with E-state index in [2.05, 4.69) is 31.7 Å². The van der Waals surface area contributed by atoms with E-state index in [1.807, 2.05) is 12.1 Å². The molecule has 5 nitrogen and oxygen atoms in total. The Balaban J connectivity index is 1.47. The number of hydrogen-bond acceptors (Lipinski definition) is 4. The lowest BCUT2D eigenvalue weighted by atomic mass is 10.1. The molecule has 29 heavy (non-hydrogen) atoms. The van der Waals surface area contributed by atoms with E-state index in [0.29, 0.717) is 17.1 Å². The number of alkyl halides is 3. The van der Waals surface area contributed by atoms with Gasteiger partial charge in [0.25, 0.3) is 0 Å². The highest BCUT2D eigenvalue weighted by Crippen LogP contribution is 2.31. The fourth-order valence-electron chi connectivity index (χ4n) is 3.45. The van der Waals surface area contributed by atoms with Crippen LogP contribution in [0.25, 0.3) is 22.6 Å². The normalized spacial score (nSPS) is 15.7. The van der Waals surface area contributed by atoms with Gasteiger partial charge in [-0.25, -0.2) is 9.97 Å². The van der Waals surface area contributed by atoms with Gasteiger partial charge in [-0.1, -0.05) is 19.1 Å². The van der Waals surface area contributed by atoms with Crippen molar-refractivity contribution in [3.63, 3.8) is 0 Å². The van der Waals surface area contributed by atoms with Crippen LogP contribution in [-0.4, -0.2) is 52.6 Å². The molecule has 3 aromatic rings. The fourth-order valence-corrected chi connectivity index (χ4v) is 3.45. The highest BCUT2D eigenvalue weighted by Gasteiger charge is 2.30. The Morgan fingerprint density at radius 2 is 1.66 bits per heavy atom. The van der Waals surface area contributed by atoms with E-state index in [0.717, 1.165) is 56.2 Å². The highest BCUT2D eigenvalue weighted by atomic mass is 19.4. The zero-order valence-corrected chi connectivity index (χ0v) is 16.1. The van der Waals surface area contributed by atoms with Gasteiger partial charge in [-0.3, -0.25) is 0 Å². The summed E-state index contributed by atoms with van der Waals surface area (Å²) in [5, 5.41) is 0. The van der Waals surface area contributed by atoms with Crippen molar-refractivity contribution in [1.29, 1.82) is 0 Å². The summed E-state index contributed by atoms with van der Waals surface area (Å²) in [6.07, 6.45) is -0.876. The third-order valence-corrected chi connectivity index (χ3v) is 5.25. The topological polar surface area (TPSA) is 48.0 Å². The van der Waals surface area contributed by atoms with E-state index < -0.39 is 11.7 Å². The number of nitrogens with zero attached hydrogens (tertiary/aromatic N) is 4. The molecule has 4 rings (SSSR count). The summed E-state index contributed by atoms with van der Waals surface area (Å²) in [7, 11) is 0. The predicted octanol–water partition coefficient (Wildman–Crippen LogP) is 4.30. The summed E-state index contributed by atoms with van der Waals surface area (Å²) >= 11 is 0. The van der Waals surface area contributed by atoms with Crippen molar-refractivity contribution >= 4 is 5.82 Å². The van der Waals surface area contributed by atoms with E-state index in [1.165, 1.54) is 12.1 Å². The Hall–Kier alpha value is -2.87. The molecule has 0 unspecified atom stereocenters. The SMILES string of the molecule is CCN1CCN(c2ccc(-c3nc(-c4ccc(C(F)(F)F)cc4)c[nH]3)cn2)CC1.